The van der Waals surface area contributed by atoms with Crippen LogP contribution in [0.25, 0.3) is 0 Å². The normalized spacial score (nSPS) is 17.7. The zero-order valence-electron chi connectivity index (χ0n) is 10.8. The molecule has 92 valence electrons. The second-order valence-corrected chi connectivity index (χ2v) is 5.07. The largest absolute Gasteiger partial charge is 0.316 e. The first-order valence-corrected chi connectivity index (χ1v) is 6.69. The maximum atomic E-state index is 3.22. The van der Waals surface area contributed by atoms with Crippen LogP contribution < -0.4 is 5.32 Å². The number of aryl methyl sites for hydroxylation is 1. The van der Waals surface area contributed by atoms with Crippen molar-refractivity contribution in [1.29, 1.82) is 0 Å². The summed E-state index contributed by atoms with van der Waals surface area (Å²) in [6, 6.07) is 17.9. The van der Waals surface area contributed by atoms with E-state index < -0.39 is 0 Å². The minimum atomic E-state index is 0.595. The lowest BCUT2D eigenvalue weighted by molar-refractivity contribution is 0.777. The van der Waals surface area contributed by atoms with Crippen molar-refractivity contribution < 1.29 is 0 Å². The average molecular weight is 237 g/mol. The first kappa shape index (κ1) is 11.5. The molecule has 0 saturated carbocycles. The van der Waals surface area contributed by atoms with Gasteiger partial charge in [-0.3, -0.25) is 0 Å². The monoisotopic (exact) mass is 237 g/mol. The molecule has 1 unspecified atom stereocenters. The molecule has 0 saturated heterocycles. The lowest BCUT2D eigenvalue weighted by atomic mass is 9.92. The van der Waals surface area contributed by atoms with Crippen molar-refractivity contribution >= 4 is 0 Å². The number of benzene rings is 2. The Labute approximate surface area is 109 Å². The fourth-order valence-corrected chi connectivity index (χ4v) is 3.03. The first-order chi connectivity index (χ1) is 8.88. The summed E-state index contributed by atoms with van der Waals surface area (Å²) in [7, 11) is 2.00. The van der Waals surface area contributed by atoms with Crippen molar-refractivity contribution in [3.63, 3.8) is 0 Å². The van der Waals surface area contributed by atoms with E-state index >= 15 is 0 Å². The van der Waals surface area contributed by atoms with Gasteiger partial charge in [-0.1, -0.05) is 48.5 Å². The molecule has 0 aliphatic heterocycles. The van der Waals surface area contributed by atoms with E-state index in [2.05, 4.69) is 53.8 Å². The van der Waals surface area contributed by atoms with Gasteiger partial charge in [0.05, 0.1) is 0 Å². The lowest BCUT2D eigenvalue weighted by Crippen LogP contribution is -2.06. The smallest absolute Gasteiger partial charge is 0.0202 e. The van der Waals surface area contributed by atoms with Crippen LogP contribution in [0.2, 0.25) is 0 Å². The van der Waals surface area contributed by atoms with Gasteiger partial charge in [0.1, 0.15) is 0 Å². The molecule has 0 heterocycles. The van der Waals surface area contributed by atoms with Gasteiger partial charge in [-0.25, -0.2) is 0 Å². The average Bonchev–Trinajstić information content (AvgIpc) is 2.83. The molecule has 0 radical (unpaired) electrons. The predicted octanol–water partition coefficient (Wildman–Crippen LogP) is 3.48. The van der Waals surface area contributed by atoms with Gasteiger partial charge in [-0.2, -0.15) is 0 Å². The van der Waals surface area contributed by atoms with Gasteiger partial charge in [-0.15, -0.1) is 0 Å². The van der Waals surface area contributed by atoms with Crippen LogP contribution in [-0.2, 0) is 13.0 Å². The molecule has 0 bridgehead atoms. The van der Waals surface area contributed by atoms with Crippen LogP contribution in [0.1, 0.15) is 34.6 Å². The van der Waals surface area contributed by atoms with Crippen LogP contribution in [0.5, 0.6) is 0 Å². The summed E-state index contributed by atoms with van der Waals surface area (Å²) >= 11 is 0. The van der Waals surface area contributed by atoms with Crippen molar-refractivity contribution in [3.8, 4) is 0 Å². The highest BCUT2D eigenvalue weighted by Crippen LogP contribution is 2.37. The summed E-state index contributed by atoms with van der Waals surface area (Å²) < 4.78 is 0. The van der Waals surface area contributed by atoms with Crippen LogP contribution in [0.4, 0.5) is 0 Å². The standard InChI is InChI=1S/C17H19N/c1-18-12-13-5-4-7-15(11-13)17-10-9-14-6-2-3-8-16(14)17/h2-8,11,17-18H,9-10,12H2,1H3. The van der Waals surface area contributed by atoms with Crippen molar-refractivity contribution in [3.05, 3.63) is 70.8 Å². The summed E-state index contributed by atoms with van der Waals surface area (Å²) in [5, 5.41) is 3.22. The summed E-state index contributed by atoms with van der Waals surface area (Å²) in [5.41, 5.74) is 5.90. The van der Waals surface area contributed by atoms with Crippen molar-refractivity contribution in [1.82, 2.24) is 5.32 Å². The number of rotatable bonds is 3. The van der Waals surface area contributed by atoms with Crippen LogP contribution in [0.3, 0.4) is 0 Å². The van der Waals surface area contributed by atoms with E-state index in [4.69, 9.17) is 0 Å². The second-order valence-electron chi connectivity index (χ2n) is 5.07. The van der Waals surface area contributed by atoms with Gasteiger partial charge in [-0.05, 0) is 42.1 Å². The summed E-state index contributed by atoms with van der Waals surface area (Å²) in [6.07, 6.45) is 2.47. The van der Waals surface area contributed by atoms with Crippen molar-refractivity contribution in [2.24, 2.45) is 0 Å². The molecule has 1 aliphatic rings. The van der Waals surface area contributed by atoms with E-state index in [1.54, 1.807) is 0 Å². The quantitative estimate of drug-likeness (QED) is 0.861. The van der Waals surface area contributed by atoms with Crippen molar-refractivity contribution in [2.45, 2.75) is 25.3 Å². The number of fused-ring (bicyclic) bond motifs is 1. The maximum absolute atomic E-state index is 3.22. The number of hydrogen-bond acceptors (Lipinski definition) is 1. The number of nitrogens with one attached hydrogen (secondary N) is 1. The molecule has 0 aromatic heterocycles. The van der Waals surface area contributed by atoms with E-state index in [1.807, 2.05) is 7.05 Å². The lowest BCUT2D eigenvalue weighted by Gasteiger charge is -2.13. The van der Waals surface area contributed by atoms with Gasteiger partial charge >= 0.3 is 0 Å². The fourth-order valence-electron chi connectivity index (χ4n) is 3.03. The number of hydrogen-bond donors (Lipinski definition) is 1. The Morgan fingerprint density at radius 3 is 2.89 bits per heavy atom. The topological polar surface area (TPSA) is 12.0 Å². The molecule has 0 fully saturated rings. The molecule has 1 atom stereocenters. The molecule has 0 amide bonds. The van der Waals surface area contributed by atoms with E-state index in [0.717, 1.165) is 6.54 Å². The van der Waals surface area contributed by atoms with E-state index in [9.17, 15) is 0 Å². The molecule has 1 nitrogen and oxygen atoms in total. The Hall–Kier alpha value is -1.60. The highest BCUT2D eigenvalue weighted by molar-refractivity contribution is 5.42. The van der Waals surface area contributed by atoms with Gasteiger partial charge in [0.2, 0.25) is 0 Å². The highest BCUT2D eigenvalue weighted by atomic mass is 14.8. The Kier molecular flexibility index (Phi) is 3.16. The molecular weight excluding hydrogens is 218 g/mol. The Balaban J connectivity index is 1.94. The third-order valence-corrected chi connectivity index (χ3v) is 3.87. The fraction of sp³-hybridized carbons (Fsp3) is 0.294. The predicted molar refractivity (Wildman–Crippen MR) is 75.8 cm³/mol. The zero-order valence-corrected chi connectivity index (χ0v) is 10.8. The summed E-state index contributed by atoms with van der Waals surface area (Å²) in [6.45, 7) is 0.947. The summed E-state index contributed by atoms with van der Waals surface area (Å²) in [5.74, 6) is 0.595. The zero-order chi connectivity index (χ0) is 12.4. The van der Waals surface area contributed by atoms with E-state index in [-0.39, 0.29) is 0 Å². The molecule has 2 aromatic carbocycles. The van der Waals surface area contributed by atoms with Gasteiger partial charge in [0, 0.05) is 12.5 Å². The van der Waals surface area contributed by atoms with Gasteiger partial charge < -0.3 is 5.32 Å². The maximum Gasteiger partial charge on any atom is 0.0202 e. The minimum Gasteiger partial charge on any atom is -0.316 e. The molecule has 0 spiro atoms. The first-order valence-electron chi connectivity index (χ1n) is 6.69. The molecule has 2 aromatic rings. The molecule has 1 N–H and O–H groups in total. The van der Waals surface area contributed by atoms with E-state index in [0.29, 0.717) is 5.92 Å². The third-order valence-electron chi connectivity index (χ3n) is 3.87. The molecular formula is C17H19N. The molecule has 1 aliphatic carbocycles. The van der Waals surface area contributed by atoms with Crippen LogP contribution in [0, 0.1) is 0 Å². The SMILES string of the molecule is CNCc1cccc(C2CCc3ccccc32)c1. The Morgan fingerprint density at radius 1 is 1.11 bits per heavy atom. The van der Waals surface area contributed by atoms with Crippen molar-refractivity contribution in [2.75, 3.05) is 7.05 Å². The van der Waals surface area contributed by atoms with Gasteiger partial charge in [0.25, 0.3) is 0 Å². The summed E-state index contributed by atoms with van der Waals surface area (Å²) in [4.78, 5) is 0. The van der Waals surface area contributed by atoms with Gasteiger partial charge in [0.15, 0.2) is 0 Å². The highest BCUT2D eigenvalue weighted by Gasteiger charge is 2.23. The van der Waals surface area contributed by atoms with E-state index in [1.165, 1.54) is 35.1 Å². The van der Waals surface area contributed by atoms with Crippen LogP contribution >= 0.6 is 0 Å². The molecule has 3 rings (SSSR count). The molecule has 1 heteroatoms. The Morgan fingerprint density at radius 2 is 2.00 bits per heavy atom. The second kappa shape index (κ2) is 4.95. The third kappa shape index (κ3) is 2.06. The van der Waals surface area contributed by atoms with Crippen LogP contribution in [0.15, 0.2) is 48.5 Å². The van der Waals surface area contributed by atoms with Crippen LogP contribution in [-0.4, -0.2) is 7.05 Å². The molecule has 18 heavy (non-hydrogen) atoms. The minimum absolute atomic E-state index is 0.595. The Bertz CT molecular complexity index is 545.